The fraction of sp³-hybridized carbons (Fsp3) is 0.286. The van der Waals surface area contributed by atoms with Crippen LogP contribution in [0.3, 0.4) is 0 Å². The predicted molar refractivity (Wildman–Crippen MR) is 141 cm³/mol. The van der Waals surface area contributed by atoms with Crippen molar-refractivity contribution >= 4 is 21.8 Å². The molecule has 1 saturated carbocycles. The van der Waals surface area contributed by atoms with Gasteiger partial charge >= 0.3 is 6.36 Å². The number of nitrogens with zero attached hydrogens (tertiary/aromatic N) is 1. The van der Waals surface area contributed by atoms with Crippen LogP contribution in [0.4, 0.5) is 13.2 Å². The third-order valence-electron chi connectivity index (χ3n) is 6.81. The van der Waals surface area contributed by atoms with Gasteiger partial charge in [-0.05, 0) is 47.7 Å². The summed E-state index contributed by atoms with van der Waals surface area (Å²) in [5, 5.41) is 8.09. The molecule has 0 spiro atoms. The third-order valence-corrected chi connectivity index (χ3v) is 7.78. The molecule has 0 aromatic heterocycles. The number of sulfonamides is 1. The lowest BCUT2D eigenvalue weighted by Gasteiger charge is -2.36. The molecule has 0 heterocycles. The Balaban J connectivity index is 1.31. The smallest absolute Gasteiger partial charge is 0.406 e. The lowest BCUT2D eigenvalue weighted by molar-refractivity contribution is -0.274. The molecule has 0 unspecified atom stereocenters. The van der Waals surface area contributed by atoms with Gasteiger partial charge in [-0.15, -0.1) is 13.2 Å². The van der Waals surface area contributed by atoms with Crippen LogP contribution in [0.2, 0.25) is 0 Å². The zero-order valence-corrected chi connectivity index (χ0v) is 22.3. The maximum atomic E-state index is 13.1. The van der Waals surface area contributed by atoms with E-state index in [9.17, 15) is 31.2 Å². The predicted octanol–water partition coefficient (Wildman–Crippen LogP) is 4.20. The summed E-state index contributed by atoms with van der Waals surface area (Å²) in [6.07, 6.45) is -3.64. The van der Waals surface area contributed by atoms with Crippen LogP contribution in [0.15, 0.2) is 77.7 Å². The van der Waals surface area contributed by atoms with E-state index in [4.69, 9.17) is 5.14 Å². The molecule has 0 radical (unpaired) electrons. The Bertz CT molecular complexity index is 1480. The van der Waals surface area contributed by atoms with Crippen molar-refractivity contribution in [1.82, 2.24) is 10.2 Å². The van der Waals surface area contributed by atoms with E-state index >= 15 is 0 Å². The van der Waals surface area contributed by atoms with Crippen molar-refractivity contribution in [3.63, 3.8) is 0 Å². The first-order valence-electron chi connectivity index (χ1n) is 12.4. The normalized spacial score (nSPS) is 17.0. The number of hydrogen-bond donors (Lipinski definition) is 2. The molecule has 40 heavy (non-hydrogen) atoms. The number of rotatable bonds is 9. The monoisotopic (exact) mass is 575 g/mol. The van der Waals surface area contributed by atoms with Crippen LogP contribution >= 0.6 is 0 Å². The van der Waals surface area contributed by atoms with E-state index in [1.165, 1.54) is 30.3 Å². The number of carbonyl (C=O) groups excluding carboxylic acids is 2. The number of amides is 2. The fourth-order valence-corrected chi connectivity index (χ4v) is 5.38. The molecule has 1 aliphatic rings. The summed E-state index contributed by atoms with van der Waals surface area (Å²) < 4.78 is 64.6. The van der Waals surface area contributed by atoms with Gasteiger partial charge in [0.2, 0.25) is 21.8 Å². The van der Waals surface area contributed by atoms with E-state index < -0.39 is 28.2 Å². The number of ether oxygens (including phenoxy) is 1. The molecule has 0 bridgehead atoms. The van der Waals surface area contributed by atoms with Gasteiger partial charge in [0.05, 0.1) is 4.90 Å². The van der Waals surface area contributed by atoms with Gasteiger partial charge in [-0.3, -0.25) is 9.59 Å². The van der Waals surface area contributed by atoms with E-state index in [2.05, 4.69) is 10.1 Å². The summed E-state index contributed by atoms with van der Waals surface area (Å²) in [5.74, 6) is -1.75. The van der Waals surface area contributed by atoms with Crippen molar-refractivity contribution in [2.45, 2.75) is 37.2 Å². The van der Waals surface area contributed by atoms with E-state index in [1.54, 1.807) is 54.4 Å². The number of nitrogens with one attached hydrogen (secondary N) is 1. The first-order chi connectivity index (χ1) is 18.8. The van der Waals surface area contributed by atoms with Crippen molar-refractivity contribution in [3.05, 3.63) is 83.9 Å². The van der Waals surface area contributed by atoms with Crippen LogP contribution in [0, 0.1) is 11.8 Å². The molecule has 0 saturated heterocycles. The lowest BCUT2D eigenvalue weighted by atomic mass is 9.72. The molecule has 8 nitrogen and oxygen atoms in total. The van der Waals surface area contributed by atoms with Gasteiger partial charge in [-0.25, -0.2) is 13.6 Å². The molecule has 212 valence electrons. The van der Waals surface area contributed by atoms with Crippen LogP contribution in [0.1, 0.15) is 24.0 Å². The summed E-state index contributed by atoms with van der Waals surface area (Å²) >= 11 is 0. The van der Waals surface area contributed by atoms with E-state index in [-0.39, 0.29) is 29.0 Å². The summed E-state index contributed by atoms with van der Waals surface area (Å²) in [6, 6.07) is 18.8. The Morgan fingerprint density at radius 1 is 0.950 bits per heavy atom. The Hall–Kier alpha value is -3.90. The SMILES string of the molecule is CN(Cc1ccc(-c2ccccc2S(N)(=O)=O)cc1)C(=O)[C@H]1CC[C@H]1C(=O)NCc1ccc(OC(F)(F)F)cc1. The van der Waals surface area contributed by atoms with Crippen molar-refractivity contribution in [3.8, 4) is 16.9 Å². The molecule has 2 atom stereocenters. The van der Waals surface area contributed by atoms with E-state index in [1.807, 2.05) is 0 Å². The average Bonchev–Trinajstić information content (AvgIpc) is 2.86. The highest BCUT2D eigenvalue weighted by molar-refractivity contribution is 7.89. The molecule has 1 aliphatic carbocycles. The number of halogens is 3. The van der Waals surface area contributed by atoms with Crippen LogP contribution in [-0.4, -0.2) is 38.5 Å². The van der Waals surface area contributed by atoms with Crippen LogP contribution < -0.4 is 15.2 Å². The van der Waals surface area contributed by atoms with Crippen LogP contribution in [0.5, 0.6) is 5.75 Å². The van der Waals surface area contributed by atoms with Gasteiger partial charge in [0, 0.05) is 37.5 Å². The quantitative estimate of drug-likeness (QED) is 0.397. The van der Waals surface area contributed by atoms with Gasteiger partial charge in [0.15, 0.2) is 0 Å². The van der Waals surface area contributed by atoms with Gasteiger partial charge in [0.1, 0.15) is 5.75 Å². The first-order valence-corrected chi connectivity index (χ1v) is 13.9. The highest BCUT2D eigenvalue weighted by atomic mass is 32.2. The van der Waals surface area contributed by atoms with Crippen molar-refractivity contribution in [2.75, 3.05) is 7.05 Å². The Kier molecular flexibility index (Phi) is 8.50. The molecule has 3 N–H and O–H groups in total. The second-order valence-corrected chi connectivity index (χ2v) is 11.2. The highest BCUT2D eigenvalue weighted by Gasteiger charge is 2.42. The molecule has 0 aliphatic heterocycles. The Labute approximate surface area is 230 Å². The van der Waals surface area contributed by atoms with Gasteiger partial charge < -0.3 is 15.0 Å². The minimum absolute atomic E-state index is 0.0248. The van der Waals surface area contributed by atoms with Crippen molar-refractivity contribution in [2.24, 2.45) is 17.0 Å². The van der Waals surface area contributed by atoms with Crippen LogP contribution in [0.25, 0.3) is 11.1 Å². The topological polar surface area (TPSA) is 119 Å². The molecule has 3 aromatic carbocycles. The standard InChI is InChI=1S/C28H28F3N3O5S/c1-34(17-19-6-10-20(11-7-19)22-4-2-3-5-25(22)40(32,37)38)27(36)24-15-14-23(24)26(35)33-16-18-8-12-21(13-9-18)39-28(29,30)31/h2-13,23-24H,14-17H2,1H3,(H,33,35)(H2,32,37,38)/t23-,24+/m1/s1. The Morgan fingerprint density at radius 3 is 2.12 bits per heavy atom. The second kappa shape index (κ2) is 11.7. The zero-order chi connectivity index (χ0) is 29.1. The molecule has 3 aromatic rings. The number of carbonyl (C=O) groups is 2. The number of benzene rings is 3. The minimum Gasteiger partial charge on any atom is -0.406 e. The number of alkyl halides is 3. The minimum atomic E-state index is -4.78. The van der Waals surface area contributed by atoms with Crippen molar-refractivity contribution in [1.29, 1.82) is 0 Å². The summed E-state index contributed by atoms with van der Waals surface area (Å²) in [5.41, 5.74) is 2.57. The molecular formula is C28H28F3N3O5S. The maximum Gasteiger partial charge on any atom is 0.573 e. The molecule has 4 rings (SSSR count). The largest absolute Gasteiger partial charge is 0.573 e. The van der Waals surface area contributed by atoms with Gasteiger partial charge in [0.25, 0.3) is 0 Å². The van der Waals surface area contributed by atoms with Crippen LogP contribution in [-0.2, 0) is 32.7 Å². The van der Waals surface area contributed by atoms with Gasteiger partial charge in [-0.1, -0.05) is 54.6 Å². The maximum absolute atomic E-state index is 13.1. The average molecular weight is 576 g/mol. The second-order valence-electron chi connectivity index (χ2n) is 9.63. The Morgan fingerprint density at radius 2 is 1.55 bits per heavy atom. The fourth-order valence-electron chi connectivity index (χ4n) is 4.62. The molecule has 12 heteroatoms. The zero-order valence-electron chi connectivity index (χ0n) is 21.5. The number of nitrogens with two attached hydrogens (primary N) is 1. The first kappa shape index (κ1) is 29.1. The summed E-state index contributed by atoms with van der Waals surface area (Å²) in [6.45, 7) is 0.409. The highest BCUT2D eigenvalue weighted by Crippen LogP contribution is 2.36. The molecular weight excluding hydrogens is 547 g/mol. The lowest BCUT2D eigenvalue weighted by Crippen LogP contribution is -2.47. The third kappa shape index (κ3) is 7.19. The molecule has 2 amide bonds. The molecule has 1 fully saturated rings. The number of hydrogen-bond acceptors (Lipinski definition) is 5. The summed E-state index contributed by atoms with van der Waals surface area (Å²) in [7, 11) is -2.24. The van der Waals surface area contributed by atoms with E-state index in [0.717, 1.165) is 5.56 Å². The number of primary sulfonamides is 1. The summed E-state index contributed by atoms with van der Waals surface area (Å²) in [4.78, 5) is 27.4. The van der Waals surface area contributed by atoms with Crippen molar-refractivity contribution < 1.29 is 35.9 Å². The van der Waals surface area contributed by atoms with E-state index in [0.29, 0.717) is 36.1 Å². The van der Waals surface area contributed by atoms with Gasteiger partial charge in [-0.2, -0.15) is 0 Å².